The number of hydrogen-bond donors (Lipinski definition) is 1. The molecule has 1 aliphatic carbocycles. The van der Waals surface area contributed by atoms with Crippen LogP contribution in [0.4, 0.5) is 11.5 Å². The Labute approximate surface area is 130 Å². The van der Waals surface area contributed by atoms with Crippen molar-refractivity contribution < 1.29 is 0 Å². The van der Waals surface area contributed by atoms with E-state index in [9.17, 15) is 0 Å². The Morgan fingerprint density at radius 2 is 1.90 bits per heavy atom. The van der Waals surface area contributed by atoms with Crippen molar-refractivity contribution in [3.8, 4) is 0 Å². The first-order valence-electron chi connectivity index (χ1n) is 8.27. The highest BCUT2D eigenvalue weighted by Crippen LogP contribution is 2.37. The lowest BCUT2D eigenvalue weighted by molar-refractivity contribution is 0.214. The molecule has 0 aliphatic heterocycles. The van der Waals surface area contributed by atoms with Gasteiger partial charge < -0.3 is 10.2 Å². The minimum Gasteiger partial charge on any atom is -0.379 e. The molecule has 0 aromatic carbocycles. The van der Waals surface area contributed by atoms with Crippen LogP contribution in [0.3, 0.4) is 0 Å². The smallest absolute Gasteiger partial charge is 0.151 e. The van der Waals surface area contributed by atoms with Gasteiger partial charge in [0.05, 0.1) is 5.69 Å². The van der Waals surface area contributed by atoms with Gasteiger partial charge in [-0.05, 0) is 49.1 Å². The zero-order chi connectivity index (χ0) is 15.5. The van der Waals surface area contributed by atoms with E-state index in [1.165, 1.54) is 37.8 Å². The standard InChI is InChI=1S/C18H31N3/c1-18(2,3)14-8-6-9-15(12-11-14)20-16-10-7-13-19-17(16)21(4)5/h7,10,13-15,20H,6,8-9,11-12H2,1-5H3. The van der Waals surface area contributed by atoms with Crippen molar-refractivity contribution >= 4 is 11.5 Å². The molecule has 21 heavy (non-hydrogen) atoms. The Morgan fingerprint density at radius 1 is 1.14 bits per heavy atom. The number of anilines is 2. The van der Waals surface area contributed by atoms with Crippen LogP contribution >= 0.6 is 0 Å². The fourth-order valence-electron chi connectivity index (χ4n) is 3.40. The van der Waals surface area contributed by atoms with Gasteiger partial charge >= 0.3 is 0 Å². The minimum absolute atomic E-state index is 0.442. The maximum Gasteiger partial charge on any atom is 0.151 e. The van der Waals surface area contributed by atoms with E-state index in [2.05, 4.69) is 56.1 Å². The van der Waals surface area contributed by atoms with Crippen molar-refractivity contribution in [2.24, 2.45) is 11.3 Å². The van der Waals surface area contributed by atoms with Crippen LogP contribution < -0.4 is 10.2 Å². The molecule has 2 atom stereocenters. The summed E-state index contributed by atoms with van der Waals surface area (Å²) in [6.45, 7) is 7.16. The fourth-order valence-corrected chi connectivity index (χ4v) is 3.40. The Morgan fingerprint density at radius 3 is 2.57 bits per heavy atom. The summed E-state index contributed by atoms with van der Waals surface area (Å²) < 4.78 is 0. The van der Waals surface area contributed by atoms with E-state index >= 15 is 0 Å². The topological polar surface area (TPSA) is 28.2 Å². The van der Waals surface area contributed by atoms with Gasteiger partial charge in [0.25, 0.3) is 0 Å². The molecule has 118 valence electrons. The van der Waals surface area contributed by atoms with E-state index in [0.29, 0.717) is 11.5 Å². The van der Waals surface area contributed by atoms with E-state index in [1.54, 1.807) is 0 Å². The van der Waals surface area contributed by atoms with Crippen molar-refractivity contribution in [3.05, 3.63) is 18.3 Å². The lowest BCUT2D eigenvalue weighted by Gasteiger charge is -2.30. The van der Waals surface area contributed by atoms with Gasteiger partial charge in [0, 0.05) is 26.3 Å². The van der Waals surface area contributed by atoms with Crippen molar-refractivity contribution in [1.29, 1.82) is 0 Å². The SMILES string of the molecule is CN(C)c1ncccc1NC1CCCC(C(C)(C)C)CC1. The number of pyridine rings is 1. The predicted octanol–water partition coefficient (Wildman–Crippen LogP) is 4.55. The van der Waals surface area contributed by atoms with Crippen LogP contribution in [0.5, 0.6) is 0 Å². The molecular weight excluding hydrogens is 258 g/mol. The van der Waals surface area contributed by atoms with Crippen molar-refractivity contribution in [3.63, 3.8) is 0 Å². The molecule has 0 bridgehead atoms. The molecular formula is C18H31N3. The monoisotopic (exact) mass is 289 g/mol. The number of nitrogens with zero attached hydrogens (tertiary/aromatic N) is 2. The third kappa shape index (κ3) is 4.36. The van der Waals surface area contributed by atoms with Gasteiger partial charge in [-0.2, -0.15) is 0 Å². The molecule has 1 heterocycles. The molecule has 1 saturated carbocycles. The molecule has 2 unspecified atom stereocenters. The van der Waals surface area contributed by atoms with Crippen LogP contribution in [0.15, 0.2) is 18.3 Å². The summed E-state index contributed by atoms with van der Waals surface area (Å²) in [5, 5.41) is 3.74. The molecule has 1 aromatic heterocycles. The van der Waals surface area contributed by atoms with E-state index in [0.717, 1.165) is 11.7 Å². The van der Waals surface area contributed by atoms with E-state index in [4.69, 9.17) is 0 Å². The zero-order valence-corrected chi connectivity index (χ0v) is 14.3. The second kappa shape index (κ2) is 6.67. The average molecular weight is 289 g/mol. The van der Waals surface area contributed by atoms with Gasteiger partial charge in [-0.3, -0.25) is 0 Å². The number of aromatic nitrogens is 1. The van der Waals surface area contributed by atoms with Gasteiger partial charge in [0.15, 0.2) is 5.82 Å². The van der Waals surface area contributed by atoms with Gasteiger partial charge in [-0.25, -0.2) is 4.98 Å². The summed E-state index contributed by atoms with van der Waals surface area (Å²) in [7, 11) is 4.10. The Bertz CT molecular complexity index is 448. The van der Waals surface area contributed by atoms with Crippen LogP contribution in [0.25, 0.3) is 0 Å². The number of nitrogens with one attached hydrogen (secondary N) is 1. The highest BCUT2D eigenvalue weighted by molar-refractivity contribution is 5.65. The Kier molecular flexibility index (Phi) is 5.13. The van der Waals surface area contributed by atoms with Crippen molar-refractivity contribution in [1.82, 2.24) is 4.98 Å². The van der Waals surface area contributed by atoms with E-state index in [-0.39, 0.29) is 0 Å². The van der Waals surface area contributed by atoms with Crippen LogP contribution in [-0.4, -0.2) is 25.1 Å². The summed E-state index contributed by atoms with van der Waals surface area (Å²) >= 11 is 0. The molecule has 1 aliphatic rings. The fraction of sp³-hybridized carbons (Fsp3) is 0.722. The molecule has 1 aromatic rings. The molecule has 1 fully saturated rings. The molecule has 0 saturated heterocycles. The summed E-state index contributed by atoms with van der Waals surface area (Å²) in [6, 6.07) is 4.75. The summed E-state index contributed by atoms with van der Waals surface area (Å²) in [5.74, 6) is 1.89. The third-order valence-electron chi connectivity index (χ3n) is 4.76. The minimum atomic E-state index is 0.442. The van der Waals surface area contributed by atoms with Gasteiger partial charge in [0.1, 0.15) is 0 Å². The maximum absolute atomic E-state index is 4.48. The van der Waals surface area contributed by atoms with Gasteiger partial charge in [-0.1, -0.05) is 27.2 Å². The first kappa shape index (κ1) is 16.1. The van der Waals surface area contributed by atoms with Crippen LogP contribution in [0, 0.1) is 11.3 Å². The normalized spacial score (nSPS) is 23.5. The maximum atomic E-state index is 4.48. The number of hydrogen-bond acceptors (Lipinski definition) is 3. The van der Waals surface area contributed by atoms with Crippen LogP contribution in [-0.2, 0) is 0 Å². The largest absolute Gasteiger partial charge is 0.379 e. The average Bonchev–Trinajstić information content (AvgIpc) is 2.64. The van der Waals surface area contributed by atoms with Gasteiger partial charge in [0.2, 0.25) is 0 Å². The van der Waals surface area contributed by atoms with E-state index in [1.807, 2.05) is 12.3 Å². The molecule has 0 radical (unpaired) electrons. The molecule has 3 heteroatoms. The molecule has 2 rings (SSSR count). The zero-order valence-electron chi connectivity index (χ0n) is 14.3. The lowest BCUT2D eigenvalue weighted by atomic mass is 9.76. The summed E-state index contributed by atoms with van der Waals surface area (Å²) in [4.78, 5) is 6.57. The second-order valence-electron chi connectivity index (χ2n) is 7.68. The Balaban J connectivity index is 2.01. The molecule has 0 spiro atoms. The van der Waals surface area contributed by atoms with Crippen molar-refractivity contribution in [2.45, 2.75) is 58.9 Å². The highest BCUT2D eigenvalue weighted by Gasteiger charge is 2.28. The first-order chi connectivity index (χ1) is 9.88. The van der Waals surface area contributed by atoms with E-state index < -0.39 is 0 Å². The summed E-state index contributed by atoms with van der Waals surface area (Å²) in [5.41, 5.74) is 1.61. The first-order valence-corrected chi connectivity index (χ1v) is 8.27. The van der Waals surface area contributed by atoms with Gasteiger partial charge in [-0.15, -0.1) is 0 Å². The third-order valence-corrected chi connectivity index (χ3v) is 4.76. The molecule has 1 N–H and O–H groups in total. The highest BCUT2D eigenvalue weighted by atomic mass is 15.2. The van der Waals surface area contributed by atoms with Crippen LogP contribution in [0.2, 0.25) is 0 Å². The summed E-state index contributed by atoms with van der Waals surface area (Å²) in [6.07, 6.45) is 8.44. The van der Waals surface area contributed by atoms with Crippen molar-refractivity contribution in [2.75, 3.05) is 24.3 Å². The van der Waals surface area contributed by atoms with Crippen LogP contribution in [0.1, 0.15) is 52.9 Å². The quantitative estimate of drug-likeness (QED) is 0.827. The lowest BCUT2D eigenvalue weighted by Crippen LogP contribution is -2.23. The molecule has 3 nitrogen and oxygen atoms in total. The second-order valence-corrected chi connectivity index (χ2v) is 7.68. The predicted molar refractivity (Wildman–Crippen MR) is 92.0 cm³/mol. The molecule has 0 amide bonds. The Hall–Kier alpha value is -1.25. The number of rotatable bonds is 3.